The zero-order chi connectivity index (χ0) is 22.6. The Hall–Kier alpha value is -3.09. The quantitative estimate of drug-likeness (QED) is 0.499. The summed E-state index contributed by atoms with van der Waals surface area (Å²) in [6.45, 7) is -0.539. The Bertz CT molecular complexity index is 1200. The molecule has 0 aliphatic rings. The molecule has 0 fully saturated rings. The highest BCUT2D eigenvalue weighted by atomic mass is 32.2. The van der Waals surface area contributed by atoms with Crippen LogP contribution in [-0.4, -0.2) is 60.1 Å². The summed E-state index contributed by atoms with van der Waals surface area (Å²) >= 11 is 1.27. The van der Waals surface area contributed by atoms with E-state index in [4.69, 9.17) is 4.74 Å². The number of benzene rings is 1. The van der Waals surface area contributed by atoms with Crippen LogP contribution in [0.2, 0.25) is 0 Å². The van der Waals surface area contributed by atoms with Gasteiger partial charge in [0.25, 0.3) is 5.91 Å². The van der Waals surface area contributed by atoms with Crippen molar-refractivity contribution < 1.29 is 22.7 Å². The Balaban J connectivity index is 1.56. The summed E-state index contributed by atoms with van der Waals surface area (Å²) in [4.78, 5) is 28.6. The van der Waals surface area contributed by atoms with Gasteiger partial charge in [0.05, 0.1) is 11.1 Å². The van der Waals surface area contributed by atoms with Crippen LogP contribution in [0.3, 0.4) is 0 Å². The summed E-state index contributed by atoms with van der Waals surface area (Å²) in [6, 6.07) is 6.37. The Kier molecular flexibility index (Phi) is 6.83. The fraction of sp³-hybridized carbons (Fsp3) is 0.263. The number of hydrogen-bond donors (Lipinski definition) is 1. The van der Waals surface area contributed by atoms with Crippen molar-refractivity contribution >= 4 is 33.2 Å². The molecule has 3 rings (SSSR count). The van der Waals surface area contributed by atoms with Crippen LogP contribution >= 0.6 is 11.3 Å². The van der Waals surface area contributed by atoms with Crippen LogP contribution in [0, 0.1) is 0 Å². The molecule has 0 aliphatic carbocycles. The van der Waals surface area contributed by atoms with Gasteiger partial charge in [-0.05, 0) is 11.6 Å². The predicted molar refractivity (Wildman–Crippen MR) is 114 cm³/mol. The number of sulfonamides is 1. The topological polar surface area (TPSA) is 123 Å². The summed E-state index contributed by atoms with van der Waals surface area (Å²) < 4.78 is 32.6. The molecule has 0 bridgehead atoms. The van der Waals surface area contributed by atoms with Crippen molar-refractivity contribution in [1.82, 2.24) is 24.4 Å². The lowest BCUT2D eigenvalue weighted by atomic mass is 10.2. The molecular weight excluding hydrogens is 442 g/mol. The summed E-state index contributed by atoms with van der Waals surface area (Å²) in [5, 5.41) is 8.78. The normalized spacial score (nSPS) is 11.5. The van der Waals surface area contributed by atoms with Crippen LogP contribution in [0.25, 0.3) is 10.6 Å². The second-order valence-corrected chi connectivity index (χ2v) is 9.67. The molecule has 12 heteroatoms. The molecule has 0 atom stereocenters. The first-order chi connectivity index (χ1) is 14.7. The van der Waals surface area contributed by atoms with Gasteiger partial charge in [0.2, 0.25) is 10.0 Å². The van der Waals surface area contributed by atoms with Gasteiger partial charge in [0.1, 0.15) is 5.01 Å². The van der Waals surface area contributed by atoms with Crippen molar-refractivity contribution in [3.63, 3.8) is 0 Å². The van der Waals surface area contributed by atoms with Crippen LogP contribution in [0.1, 0.15) is 16.1 Å². The van der Waals surface area contributed by atoms with Crippen LogP contribution in [0.4, 0.5) is 0 Å². The van der Waals surface area contributed by atoms with E-state index in [0.717, 1.165) is 9.87 Å². The lowest BCUT2D eigenvalue weighted by Crippen LogP contribution is -2.30. The molecule has 2 aromatic heterocycles. The van der Waals surface area contributed by atoms with Crippen molar-refractivity contribution in [3.8, 4) is 10.6 Å². The van der Waals surface area contributed by atoms with Crippen LogP contribution < -0.4 is 5.32 Å². The summed E-state index contributed by atoms with van der Waals surface area (Å²) in [5.74, 6) is -1.29. The van der Waals surface area contributed by atoms with Crippen LogP contribution in [0.15, 0.2) is 46.9 Å². The zero-order valence-corrected chi connectivity index (χ0v) is 18.7. The number of thiazole rings is 1. The van der Waals surface area contributed by atoms with Gasteiger partial charge < -0.3 is 10.1 Å². The Labute approximate surface area is 183 Å². The van der Waals surface area contributed by atoms with Crippen LogP contribution in [-0.2, 0) is 33.1 Å². The Morgan fingerprint density at radius 1 is 1.26 bits per heavy atom. The molecule has 0 aliphatic heterocycles. The van der Waals surface area contributed by atoms with Gasteiger partial charge in [0.15, 0.2) is 12.3 Å². The van der Waals surface area contributed by atoms with Crippen molar-refractivity contribution in [2.75, 3.05) is 20.7 Å². The summed E-state index contributed by atoms with van der Waals surface area (Å²) in [6.07, 6.45) is 3.41. The lowest BCUT2D eigenvalue weighted by molar-refractivity contribution is -0.124. The van der Waals surface area contributed by atoms with Crippen molar-refractivity contribution in [2.24, 2.45) is 7.05 Å². The van der Waals surface area contributed by atoms with Gasteiger partial charge in [-0.15, -0.1) is 11.3 Å². The highest BCUT2D eigenvalue weighted by Gasteiger charge is 2.21. The fourth-order valence-electron chi connectivity index (χ4n) is 2.58. The highest BCUT2D eigenvalue weighted by Crippen LogP contribution is 2.23. The molecule has 0 unspecified atom stereocenters. The second kappa shape index (κ2) is 9.37. The van der Waals surface area contributed by atoms with Crippen molar-refractivity contribution in [1.29, 1.82) is 0 Å². The maximum absolute atomic E-state index is 12.4. The number of esters is 1. The zero-order valence-electron chi connectivity index (χ0n) is 17.1. The van der Waals surface area contributed by atoms with Gasteiger partial charge in [-0.25, -0.2) is 22.5 Å². The first-order valence-electron chi connectivity index (χ1n) is 9.07. The first kappa shape index (κ1) is 22.6. The maximum atomic E-state index is 12.4. The number of carbonyl (C=O) groups excluding carboxylic acids is 2. The number of carbonyl (C=O) groups is 2. The molecule has 2 heterocycles. The summed E-state index contributed by atoms with van der Waals surface area (Å²) in [5.41, 5.74) is 1.30. The minimum Gasteiger partial charge on any atom is -0.451 e. The molecule has 164 valence electrons. The number of aryl methyl sites for hydroxylation is 1. The molecule has 0 radical (unpaired) electrons. The molecule has 10 nitrogen and oxygen atoms in total. The maximum Gasteiger partial charge on any atom is 0.358 e. The minimum absolute atomic E-state index is 0.0263. The van der Waals surface area contributed by atoms with E-state index in [9.17, 15) is 18.0 Å². The van der Waals surface area contributed by atoms with E-state index in [1.807, 2.05) is 0 Å². The molecule has 0 saturated carbocycles. The van der Waals surface area contributed by atoms with Crippen molar-refractivity contribution in [3.05, 3.63) is 53.3 Å². The molecular formula is C19H21N5O5S2. The third-order valence-corrected chi connectivity index (χ3v) is 7.01. The minimum atomic E-state index is -3.65. The van der Waals surface area contributed by atoms with Gasteiger partial charge in [0, 0.05) is 44.8 Å². The number of aromatic nitrogens is 3. The third-order valence-electron chi connectivity index (χ3n) is 4.21. The Morgan fingerprint density at radius 2 is 2.00 bits per heavy atom. The van der Waals surface area contributed by atoms with E-state index >= 15 is 0 Å². The van der Waals surface area contributed by atoms with E-state index in [1.165, 1.54) is 31.5 Å². The van der Waals surface area contributed by atoms with E-state index in [2.05, 4.69) is 15.4 Å². The van der Waals surface area contributed by atoms with Crippen molar-refractivity contribution in [2.45, 2.75) is 11.4 Å². The van der Waals surface area contributed by atoms with E-state index in [0.29, 0.717) is 10.6 Å². The highest BCUT2D eigenvalue weighted by molar-refractivity contribution is 7.89. The van der Waals surface area contributed by atoms with Gasteiger partial charge in [-0.3, -0.25) is 9.48 Å². The molecule has 1 aromatic carbocycles. The third kappa shape index (κ3) is 5.34. The number of nitrogens with zero attached hydrogens (tertiary/aromatic N) is 4. The van der Waals surface area contributed by atoms with E-state index < -0.39 is 28.5 Å². The molecule has 1 amide bonds. The smallest absolute Gasteiger partial charge is 0.358 e. The molecule has 0 spiro atoms. The van der Waals surface area contributed by atoms with E-state index in [1.54, 1.807) is 47.7 Å². The predicted octanol–water partition coefficient (Wildman–Crippen LogP) is 1.27. The molecule has 3 aromatic rings. The van der Waals surface area contributed by atoms with Gasteiger partial charge in [-0.1, -0.05) is 18.2 Å². The molecule has 31 heavy (non-hydrogen) atoms. The standard InChI is InChI=1S/C19H21N5O5S2/c1-23(2)31(27,28)16-7-5-4-6-13(16)8-20-17(25)11-29-19(26)15-12-30-18(22-15)14-9-21-24(3)10-14/h4-7,9-10,12H,8,11H2,1-3H3,(H,20,25). The van der Waals surface area contributed by atoms with Crippen LogP contribution in [0.5, 0.6) is 0 Å². The number of hydrogen-bond acceptors (Lipinski definition) is 8. The molecule has 1 N–H and O–H groups in total. The monoisotopic (exact) mass is 463 g/mol. The average Bonchev–Trinajstić information content (AvgIpc) is 3.39. The summed E-state index contributed by atoms with van der Waals surface area (Å²) in [7, 11) is 0.990. The van der Waals surface area contributed by atoms with Gasteiger partial charge >= 0.3 is 5.97 Å². The second-order valence-electron chi connectivity index (χ2n) is 6.69. The first-order valence-corrected chi connectivity index (χ1v) is 11.4. The van der Waals surface area contributed by atoms with Gasteiger partial charge in [-0.2, -0.15) is 5.10 Å². The largest absolute Gasteiger partial charge is 0.451 e. The average molecular weight is 464 g/mol. The number of nitrogens with one attached hydrogen (secondary N) is 1. The number of ether oxygens (including phenoxy) is 1. The molecule has 0 saturated heterocycles. The number of rotatable bonds is 8. The number of amides is 1. The Morgan fingerprint density at radius 3 is 2.68 bits per heavy atom. The lowest BCUT2D eigenvalue weighted by Gasteiger charge is -2.15. The SMILES string of the molecule is CN(C)S(=O)(=O)c1ccccc1CNC(=O)COC(=O)c1csc(-c2cnn(C)c2)n1. The fourth-order valence-corrected chi connectivity index (χ4v) is 4.46. The van der Waals surface area contributed by atoms with E-state index in [-0.39, 0.29) is 17.1 Å².